The predicted molar refractivity (Wildman–Crippen MR) is 63.5 cm³/mol. The molecule has 1 aliphatic heterocycles. The van der Waals surface area contributed by atoms with Crippen LogP contribution in [0.3, 0.4) is 0 Å². The Morgan fingerprint density at radius 2 is 1.79 bits per heavy atom. The molecular weight excluding hydrogens is 170 g/mol. The Balaban J connectivity index is 0.000000461. The molecule has 1 aliphatic carbocycles. The molecular formula is C13H27N. The lowest BCUT2D eigenvalue weighted by Crippen LogP contribution is -2.25. The van der Waals surface area contributed by atoms with Crippen molar-refractivity contribution in [2.45, 2.75) is 65.3 Å². The average Bonchev–Trinajstić information content (AvgIpc) is 2.49. The Morgan fingerprint density at radius 1 is 1.07 bits per heavy atom. The lowest BCUT2D eigenvalue weighted by Gasteiger charge is -2.20. The molecule has 84 valence electrons. The van der Waals surface area contributed by atoms with Crippen molar-refractivity contribution in [3.63, 3.8) is 0 Å². The Kier molecular flexibility index (Phi) is 5.54. The Labute approximate surface area is 89.7 Å². The van der Waals surface area contributed by atoms with E-state index in [0.717, 1.165) is 17.9 Å². The molecule has 0 bridgehead atoms. The van der Waals surface area contributed by atoms with Gasteiger partial charge in [-0.15, -0.1) is 0 Å². The number of hydrogen-bond acceptors (Lipinski definition) is 1. The van der Waals surface area contributed by atoms with Gasteiger partial charge in [-0.05, 0) is 31.2 Å². The van der Waals surface area contributed by atoms with E-state index in [1.807, 2.05) is 13.8 Å². The lowest BCUT2D eigenvalue weighted by atomic mass is 9.85. The van der Waals surface area contributed by atoms with Crippen molar-refractivity contribution in [1.29, 1.82) is 0 Å². The minimum absolute atomic E-state index is 0.887. The van der Waals surface area contributed by atoms with Gasteiger partial charge >= 0.3 is 0 Å². The predicted octanol–water partition coefficient (Wildman–Crippen LogP) is 3.59. The average molecular weight is 197 g/mol. The van der Waals surface area contributed by atoms with Crippen LogP contribution >= 0.6 is 0 Å². The van der Waals surface area contributed by atoms with E-state index in [4.69, 9.17) is 0 Å². The van der Waals surface area contributed by atoms with E-state index in [2.05, 4.69) is 12.2 Å². The van der Waals surface area contributed by atoms with Crippen LogP contribution in [0, 0.1) is 11.8 Å². The topological polar surface area (TPSA) is 12.0 Å². The molecule has 0 amide bonds. The molecule has 0 aromatic heterocycles. The summed E-state index contributed by atoms with van der Waals surface area (Å²) in [5, 5.41) is 3.70. The fourth-order valence-electron chi connectivity index (χ4n) is 3.06. The zero-order valence-corrected chi connectivity index (χ0v) is 10.2. The highest BCUT2D eigenvalue weighted by molar-refractivity contribution is 4.90. The first kappa shape index (κ1) is 12.0. The van der Waals surface area contributed by atoms with E-state index < -0.39 is 0 Å². The molecule has 2 aliphatic rings. The normalized spacial score (nSPS) is 36.6. The molecule has 1 unspecified atom stereocenters. The standard InChI is InChI=1S/C11H21N.C2H6/c1-2-9-8-12-11-7-5-3-4-6-10(9)11;1-2/h9-12H,2-8H2,1H3;1-2H3/t9?,10-,11+;/m0./s1. The molecule has 1 heterocycles. The number of nitrogens with one attached hydrogen (secondary N) is 1. The maximum atomic E-state index is 3.70. The molecule has 0 aromatic carbocycles. The van der Waals surface area contributed by atoms with Gasteiger partial charge in [-0.25, -0.2) is 0 Å². The third-order valence-electron chi connectivity index (χ3n) is 3.84. The smallest absolute Gasteiger partial charge is 0.00985 e. The van der Waals surface area contributed by atoms with E-state index in [1.165, 1.54) is 45.1 Å². The van der Waals surface area contributed by atoms with Crippen LogP contribution in [0.25, 0.3) is 0 Å². The van der Waals surface area contributed by atoms with Crippen molar-refractivity contribution in [3.8, 4) is 0 Å². The number of hydrogen-bond donors (Lipinski definition) is 1. The summed E-state index contributed by atoms with van der Waals surface area (Å²) in [6, 6.07) is 0.887. The first-order chi connectivity index (χ1) is 6.92. The Morgan fingerprint density at radius 3 is 2.50 bits per heavy atom. The highest BCUT2D eigenvalue weighted by atomic mass is 15.0. The number of rotatable bonds is 1. The molecule has 1 nitrogen and oxygen atoms in total. The minimum atomic E-state index is 0.887. The van der Waals surface area contributed by atoms with E-state index >= 15 is 0 Å². The summed E-state index contributed by atoms with van der Waals surface area (Å²) >= 11 is 0. The second-order valence-electron chi connectivity index (χ2n) is 4.48. The van der Waals surface area contributed by atoms with Crippen LogP contribution in [-0.2, 0) is 0 Å². The number of fused-ring (bicyclic) bond motifs is 1. The second kappa shape index (κ2) is 6.44. The van der Waals surface area contributed by atoms with Gasteiger partial charge in [0.2, 0.25) is 0 Å². The van der Waals surface area contributed by atoms with Crippen LogP contribution in [0.4, 0.5) is 0 Å². The summed E-state index contributed by atoms with van der Waals surface area (Å²) in [5.74, 6) is 2.02. The molecule has 1 N–H and O–H groups in total. The first-order valence-corrected chi connectivity index (χ1v) is 6.65. The summed E-state index contributed by atoms with van der Waals surface area (Å²) < 4.78 is 0. The van der Waals surface area contributed by atoms with E-state index in [1.54, 1.807) is 0 Å². The van der Waals surface area contributed by atoms with E-state index in [9.17, 15) is 0 Å². The second-order valence-corrected chi connectivity index (χ2v) is 4.48. The maximum absolute atomic E-state index is 3.70. The molecule has 1 saturated carbocycles. The van der Waals surface area contributed by atoms with Gasteiger partial charge in [0.25, 0.3) is 0 Å². The molecule has 14 heavy (non-hydrogen) atoms. The summed E-state index contributed by atoms with van der Waals surface area (Å²) in [6.45, 7) is 7.64. The molecule has 0 radical (unpaired) electrons. The Hall–Kier alpha value is -0.0400. The molecule has 3 atom stereocenters. The highest BCUT2D eigenvalue weighted by Crippen LogP contribution is 2.34. The van der Waals surface area contributed by atoms with Crippen LogP contribution < -0.4 is 5.32 Å². The maximum Gasteiger partial charge on any atom is 0.00985 e. The van der Waals surface area contributed by atoms with Crippen LogP contribution in [-0.4, -0.2) is 12.6 Å². The van der Waals surface area contributed by atoms with Gasteiger partial charge in [0.15, 0.2) is 0 Å². The lowest BCUT2D eigenvalue weighted by molar-refractivity contribution is 0.336. The van der Waals surface area contributed by atoms with Crippen molar-refractivity contribution < 1.29 is 0 Å². The quantitative estimate of drug-likeness (QED) is 0.677. The van der Waals surface area contributed by atoms with Crippen molar-refractivity contribution in [2.75, 3.05) is 6.54 Å². The van der Waals surface area contributed by atoms with Gasteiger partial charge in [-0.3, -0.25) is 0 Å². The van der Waals surface area contributed by atoms with Gasteiger partial charge in [0.1, 0.15) is 0 Å². The van der Waals surface area contributed by atoms with Crippen LogP contribution in [0.1, 0.15) is 59.3 Å². The van der Waals surface area contributed by atoms with Gasteiger partial charge in [-0.1, -0.05) is 46.5 Å². The molecule has 1 heteroatoms. The van der Waals surface area contributed by atoms with Gasteiger partial charge in [-0.2, -0.15) is 0 Å². The van der Waals surface area contributed by atoms with E-state index in [0.29, 0.717) is 0 Å². The summed E-state index contributed by atoms with van der Waals surface area (Å²) in [4.78, 5) is 0. The summed E-state index contributed by atoms with van der Waals surface area (Å²) in [6.07, 6.45) is 8.75. The molecule has 0 aromatic rings. The fraction of sp³-hybridized carbons (Fsp3) is 1.00. The minimum Gasteiger partial charge on any atom is -0.313 e. The summed E-state index contributed by atoms with van der Waals surface area (Å²) in [7, 11) is 0. The Bertz CT molecular complexity index is 144. The van der Waals surface area contributed by atoms with Crippen LogP contribution in [0.2, 0.25) is 0 Å². The first-order valence-electron chi connectivity index (χ1n) is 6.65. The zero-order chi connectivity index (χ0) is 10.4. The van der Waals surface area contributed by atoms with Crippen molar-refractivity contribution >= 4 is 0 Å². The third kappa shape index (κ3) is 2.73. The van der Waals surface area contributed by atoms with E-state index in [-0.39, 0.29) is 0 Å². The van der Waals surface area contributed by atoms with Gasteiger partial charge < -0.3 is 5.32 Å². The highest BCUT2D eigenvalue weighted by Gasteiger charge is 2.34. The molecule has 1 saturated heterocycles. The van der Waals surface area contributed by atoms with Crippen molar-refractivity contribution in [1.82, 2.24) is 5.32 Å². The van der Waals surface area contributed by atoms with Gasteiger partial charge in [0, 0.05) is 6.04 Å². The van der Waals surface area contributed by atoms with Crippen LogP contribution in [0.5, 0.6) is 0 Å². The van der Waals surface area contributed by atoms with Gasteiger partial charge in [0.05, 0.1) is 0 Å². The largest absolute Gasteiger partial charge is 0.313 e. The van der Waals surface area contributed by atoms with Crippen molar-refractivity contribution in [2.24, 2.45) is 11.8 Å². The SMILES string of the molecule is CC.CCC1CN[C@@H]2CCCCC[C@@H]12. The molecule has 0 spiro atoms. The fourth-order valence-corrected chi connectivity index (χ4v) is 3.06. The van der Waals surface area contributed by atoms with Crippen molar-refractivity contribution in [3.05, 3.63) is 0 Å². The molecule has 2 rings (SSSR count). The zero-order valence-electron chi connectivity index (χ0n) is 10.2. The third-order valence-corrected chi connectivity index (χ3v) is 3.84. The monoisotopic (exact) mass is 197 g/mol. The summed E-state index contributed by atoms with van der Waals surface area (Å²) in [5.41, 5.74) is 0. The molecule has 2 fully saturated rings. The van der Waals surface area contributed by atoms with Crippen LogP contribution in [0.15, 0.2) is 0 Å².